The molecule has 1 amide bonds. The number of methoxy groups -OCH3 is 1. The van der Waals surface area contributed by atoms with Crippen LogP contribution in [0.4, 0.5) is 5.82 Å². The van der Waals surface area contributed by atoms with Crippen LogP contribution in [0.25, 0.3) is 0 Å². The summed E-state index contributed by atoms with van der Waals surface area (Å²) >= 11 is 0. The van der Waals surface area contributed by atoms with Crippen molar-refractivity contribution in [2.75, 3.05) is 31.6 Å². The molecule has 3 saturated heterocycles. The molecule has 2 bridgehead atoms. The highest BCUT2D eigenvalue weighted by molar-refractivity contribution is 5.92. The molecule has 3 aliphatic heterocycles. The van der Waals surface area contributed by atoms with Gasteiger partial charge in [0.05, 0.1) is 12.7 Å². The van der Waals surface area contributed by atoms with E-state index in [4.69, 9.17) is 10.5 Å². The molecule has 2 N–H and O–H groups in total. The molecule has 2 aromatic rings. The zero-order valence-corrected chi connectivity index (χ0v) is 18.2. The van der Waals surface area contributed by atoms with Crippen molar-refractivity contribution in [2.45, 2.75) is 44.2 Å². The summed E-state index contributed by atoms with van der Waals surface area (Å²) in [6.07, 6.45) is 7.92. The van der Waals surface area contributed by atoms with Gasteiger partial charge in [-0.1, -0.05) is 18.6 Å². The van der Waals surface area contributed by atoms with E-state index < -0.39 is 5.91 Å². The van der Waals surface area contributed by atoms with Crippen LogP contribution in [-0.4, -0.2) is 54.6 Å². The van der Waals surface area contributed by atoms with Crippen molar-refractivity contribution in [3.8, 4) is 5.75 Å². The molecule has 4 atom stereocenters. The molecule has 164 valence electrons. The Morgan fingerprint density at radius 1 is 1.19 bits per heavy atom. The van der Waals surface area contributed by atoms with Crippen molar-refractivity contribution in [3.05, 3.63) is 53.7 Å². The topological polar surface area (TPSA) is 71.7 Å². The number of ether oxygens (including phenoxy) is 1. The Hall–Kier alpha value is -2.60. The van der Waals surface area contributed by atoms with Crippen LogP contribution < -0.4 is 15.4 Å². The van der Waals surface area contributed by atoms with Crippen LogP contribution in [0.1, 0.15) is 41.6 Å². The summed E-state index contributed by atoms with van der Waals surface area (Å²) in [5.41, 5.74) is 7.22. The molecule has 0 aliphatic carbocycles. The molecule has 0 saturated carbocycles. The maximum Gasteiger partial charge on any atom is 0.250 e. The third-order valence-corrected chi connectivity index (χ3v) is 7.56. The van der Waals surface area contributed by atoms with Gasteiger partial charge in [-0.3, -0.25) is 9.69 Å². The Balaban J connectivity index is 1.41. The molecule has 4 heterocycles. The van der Waals surface area contributed by atoms with Crippen LogP contribution in [0.3, 0.4) is 0 Å². The maximum atomic E-state index is 11.4. The number of hydrogen-bond acceptors (Lipinski definition) is 5. The number of nitrogens with two attached hydrogens (primary N) is 1. The number of pyridine rings is 1. The van der Waals surface area contributed by atoms with Crippen molar-refractivity contribution in [2.24, 2.45) is 17.6 Å². The second kappa shape index (κ2) is 8.50. The standard InChI is InChI=1S/C25H32N4O2/c1-31-21-6-4-5-17(11-21)12-23-20-13-19(22-7-2-3-10-29(22)23)15-28(16-20)24-9-8-18(14-27-24)25(26)30/h4-6,8-9,11,14,19-20,22-23H,2-3,7,10,12-13,15-16H2,1H3,(H2,26,30)/t19-,20+,22+,23+/m1/s1. The van der Waals surface area contributed by atoms with E-state index in [0.29, 0.717) is 29.5 Å². The van der Waals surface area contributed by atoms with E-state index in [0.717, 1.165) is 31.1 Å². The molecule has 0 unspecified atom stereocenters. The van der Waals surface area contributed by atoms with Gasteiger partial charge in [0.1, 0.15) is 11.6 Å². The molecule has 6 heteroatoms. The van der Waals surface area contributed by atoms with E-state index >= 15 is 0 Å². The van der Waals surface area contributed by atoms with E-state index in [2.05, 4.69) is 33.0 Å². The number of rotatable bonds is 5. The van der Waals surface area contributed by atoms with E-state index in [-0.39, 0.29) is 0 Å². The highest BCUT2D eigenvalue weighted by Gasteiger charge is 2.47. The summed E-state index contributed by atoms with van der Waals surface area (Å²) in [6.45, 7) is 3.28. The molecule has 6 nitrogen and oxygen atoms in total. The Kier molecular flexibility index (Phi) is 5.57. The molecule has 0 radical (unpaired) electrons. The first-order chi connectivity index (χ1) is 15.1. The number of piperidine rings is 3. The number of carbonyl (C=O) groups is 1. The lowest BCUT2D eigenvalue weighted by Gasteiger charge is -2.57. The predicted octanol–water partition coefficient (Wildman–Crippen LogP) is 3.11. The van der Waals surface area contributed by atoms with Gasteiger partial charge in [-0.15, -0.1) is 0 Å². The average Bonchev–Trinajstić information content (AvgIpc) is 2.82. The zero-order valence-electron chi connectivity index (χ0n) is 18.2. The molecule has 3 aliphatic rings. The number of fused-ring (bicyclic) bond motifs is 4. The molecular formula is C25H32N4O2. The molecule has 3 fully saturated rings. The number of amides is 1. The fraction of sp³-hybridized carbons (Fsp3) is 0.520. The Morgan fingerprint density at radius 2 is 2.06 bits per heavy atom. The largest absolute Gasteiger partial charge is 0.497 e. The van der Waals surface area contributed by atoms with E-state index in [1.54, 1.807) is 19.4 Å². The maximum absolute atomic E-state index is 11.4. The summed E-state index contributed by atoms with van der Waals surface area (Å²) in [4.78, 5) is 21.3. The van der Waals surface area contributed by atoms with Gasteiger partial charge in [0.2, 0.25) is 5.91 Å². The lowest BCUT2D eigenvalue weighted by Crippen LogP contribution is -2.64. The summed E-state index contributed by atoms with van der Waals surface area (Å²) in [7, 11) is 1.74. The number of anilines is 1. The summed E-state index contributed by atoms with van der Waals surface area (Å²) in [5.74, 6) is 2.76. The fourth-order valence-electron chi connectivity index (χ4n) is 6.14. The molecule has 31 heavy (non-hydrogen) atoms. The van der Waals surface area contributed by atoms with Crippen LogP contribution in [-0.2, 0) is 6.42 Å². The van der Waals surface area contributed by atoms with Gasteiger partial charge in [0.15, 0.2) is 0 Å². The number of aromatic nitrogens is 1. The van der Waals surface area contributed by atoms with E-state index in [1.807, 2.05) is 12.1 Å². The van der Waals surface area contributed by atoms with Gasteiger partial charge in [0, 0.05) is 31.4 Å². The van der Waals surface area contributed by atoms with Gasteiger partial charge >= 0.3 is 0 Å². The number of benzene rings is 1. The van der Waals surface area contributed by atoms with Crippen LogP contribution in [0.15, 0.2) is 42.6 Å². The predicted molar refractivity (Wildman–Crippen MR) is 121 cm³/mol. The minimum absolute atomic E-state index is 0.425. The fourth-order valence-corrected chi connectivity index (χ4v) is 6.14. The Morgan fingerprint density at radius 3 is 2.84 bits per heavy atom. The lowest BCUT2D eigenvalue weighted by molar-refractivity contribution is -0.0318. The van der Waals surface area contributed by atoms with Crippen LogP contribution in [0.5, 0.6) is 5.75 Å². The lowest BCUT2D eigenvalue weighted by atomic mass is 9.71. The number of nitrogens with zero attached hydrogens (tertiary/aromatic N) is 3. The molecule has 5 rings (SSSR count). The summed E-state index contributed by atoms with van der Waals surface area (Å²) < 4.78 is 5.47. The van der Waals surface area contributed by atoms with Crippen molar-refractivity contribution in [3.63, 3.8) is 0 Å². The third kappa shape index (κ3) is 4.01. The SMILES string of the molecule is COc1cccc(C[C@H]2[C@H]3C[C@H](CN(c4ccc(C(N)=O)cn4)C3)[C@@H]3CCCCN32)c1. The van der Waals surface area contributed by atoms with Crippen LogP contribution in [0, 0.1) is 11.8 Å². The minimum atomic E-state index is -0.425. The van der Waals surface area contributed by atoms with Gasteiger partial charge in [-0.25, -0.2) is 4.98 Å². The van der Waals surface area contributed by atoms with Crippen molar-refractivity contribution >= 4 is 11.7 Å². The Labute approximate surface area is 184 Å². The summed E-state index contributed by atoms with van der Waals surface area (Å²) in [6, 6.07) is 13.5. The van der Waals surface area contributed by atoms with Gasteiger partial charge in [-0.2, -0.15) is 0 Å². The second-order valence-electron chi connectivity index (χ2n) is 9.35. The molecule has 1 aromatic carbocycles. The zero-order chi connectivity index (χ0) is 21.4. The third-order valence-electron chi connectivity index (χ3n) is 7.56. The average molecular weight is 421 g/mol. The first kappa shape index (κ1) is 20.3. The van der Waals surface area contributed by atoms with Crippen molar-refractivity contribution in [1.82, 2.24) is 9.88 Å². The quantitative estimate of drug-likeness (QED) is 0.805. The second-order valence-corrected chi connectivity index (χ2v) is 9.35. The van der Waals surface area contributed by atoms with Crippen molar-refractivity contribution < 1.29 is 9.53 Å². The van der Waals surface area contributed by atoms with Gasteiger partial charge in [0.25, 0.3) is 0 Å². The highest BCUT2D eigenvalue weighted by Crippen LogP contribution is 2.43. The number of carbonyl (C=O) groups excluding carboxylic acids is 1. The molecule has 1 aromatic heterocycles. The Bertz CT molecular complexity index is 931. The number of primary amides is 1. The van der Waals surface area contributed by atoms with Crippen molar-refractivity contribution in [1.29, 1.82) is 0 Å². The summed E-state index contributed by atoms with van der Waals surface area (Å²) in [5, 5.41) is 0. The number of hydrogen-bond donors (Lipinski definition) is 1. The monoisotopic (exact) mass is 420 g/mol. The minimum Gasteiger partial charge on any atom is -0.497 e. The first-order valence-corrected chi connectivity index (χ1v) is 11.5. The van der Waals surface area contributed by atoms with Gasteiger partial charge in [-0.05, 0) is 73.9 Å². The van der Waals surface area contributed by atoms with Crippen LogP contribution >= 0.6 is 0 Å². The molecule has 0 spiro atoms. The van der Waals surface area contributed by atoms with E-state index in [9.17, 15) is 4.79 Å². The molecular weight excluding hydrogens is 388 g/mol. The highest BCUT2D eigenvalue weighted by atomic mass is 16.5. The van der Waals surface area contributed by atoms with E-state index in [1.165, 1.54) is 37.8 Å². The smallest absolute Gasteiger partial charge is 0.250 e. The van der Waals surface area contributed by atoms with Gasteiger partial charge < -0.3 is 15.4 Å². The normalized spacial score (nSPS) is 28.1. The first-order valence-electron chi connectivity index (χ1n) is 11.5. The van der Waals surface area contributed by atoms with Crippen LogP contribution in [0.2, 0.25) is 0 Å².